The molecular weight excluding hydrogens is 987 g/mol. The van der Waals surface area contributed by atoms with Gasteiger partial charge in [-0.1, -0.05) is 25.6 Å². The van der Waals surface area contributed by atoms with Crippen LogP contribution in [-0.4, -0.2) is 168 Å². The molecular formula is C33H56N7O23P3S. The van der Waals surface area contributed by atoms with Crippen LogP contribution in [0.25, 0.3) is 11.2 Å². The molecule has 0 saturated carbocycles. The number of unbranched alkanes of at least 4 members (excludes halogenated alkanes) is 1. The number of phosphoric ester groups is 3. The number of imidazole rings is 1. The number of nitrogens with one attached hydrogen (secondary N) is 2. The van der Waals surface area contributed by atoms with Crippen molar-refractivity contribution in [1.82, 2.24) is 30.2 Å². The number of aliphatic hydroxyl groups is 4. The summed E-state index contributed by atoms with van der Waals surface area (Å²) in [5, 5.41) is 60.7. The highest BCUT2D eigenvalue weighted by Gasteiger charge is 2.50. The van der Waals surface area contributed by atoms with E-state index in [-0.39, 0.29) is 86.1 Å². The molecule has 2 aromatic heterocycles. The van der Waals surface area contributed by atoms with E-state index in [2.05, 4.69) is 34.4 Å². The third kappa shape index (κ3) is 22.2. The summed E-state index contributed by atoms with van der Waals surface area (Å²) in [6, 6.07) is 0. The molecule has 3 heterocycles. The minimum absolute atomic E-state index is 0.0226. The maximum atomic E-state index is 12.7. The Morgan fingerprint density at radius 2 is 1.54 bits per heavy atom. The summed E-state index contributed by atoms with van der Waals surface area (Å²) in [5.41, 5.74) is 4.22. The number of nitrogens with two attached hydrogens (primary N) is 1. The van der Waals surface area contributed by atoms with Crippen LogP contribution in [0, 0.1) is 5.41 Å². The van der Waals surface area contributed by atoms with Crippen molar-refractivity contribution in [2.75, 3.05) is 44.4 Å². The average molecular weight is 1040 g/mol. The fourth-order valence-corrected chi connectivity index (χ4v) is 9.02. The number of phosphoric acid groups is 3. The van der Waals surface area contributed by atoms with E-state index in [1.165, 1.54) is 13.8 Å². The maximum absolute atomic E-state index is 12.7. The molecule has 67 heavy (non-hydrogen) atoms. The molecule has 1 fully saturated rings. The Balaban J connectivity index is 0.00000137. The first kappa shape index (κ1) is 59.5. The van der Waals surface area contributed by atoms with Crippen LogP contribution < -0.4 is 16.4 Å². The number of hydrogen-bond donors (Lipinski definition) is 13. The molecule has 0 spiro atoms. The number of nitrogen functional groups attached to an aromatic ring is 1. The fraction of sp³-hybridized carbons (Fsp3) is 0.697. The highest BCUT2D eigenvalue weighted by Crippen LogP contribution is 2.61. The summed E-state index contributed by atoms with van der Waals surface area (Å²) in [6.45, 7) is 0.118. The summed E-state index contributed by atoms with van der Waals surface area (Å²) < 4.78 is 62.0. The van der Waals surface area contributed by atoms with Crippen molar-refractivity contribution in [2.24, 2.45) is 5.41 Å². The summed E-state index contributed by atoms with van der Waals surface area (Å²) in [7, 11) is -16.4. The van der Waals surface area contributed by atoms with E-state index in [0.29, 0.717) is 12.8 Å². The van der Waals surface area contributed by atoms with E-state index in [1.54, 1.807) is 0 Å². The number of amides is 2. The van der Waals surface area contributed by atoms with Crippen LogP contribution in [0.4, 0.5) is 5.82 Å². The first-order chi connectivity index (χ1) is 31.1. The number of carboxylic acids is 2. The number of fused-ring (bicyclic) bond motifs is 1. The lowest BCUT2D eigenvalue weighted by Gasteiger charge is -2.30. The molecule has 2 aromatic rings. The molecule has 1 aliphatic heterocycles. The van der Waals surface area contributed by atoms with E-state index in [9.17, 15) is 72.6 Å². The molecule has 1 saturated heterocycles. The van der Waals surface area contributed by atoms with Gasteiger partial charge in [0.25, 0.3) is 0 Å². The van der Waals surface area contributed by atoms with E-state index in [0.717, 1.165) is 29.0 Å². The molecule has 3 rings (SSSR count). The van der Waals surface area contributed by atoms with Crippen molar-refractivity contribution in [3.05, 3.63) is 12.7 Å². The zero-order chi connectivity index (χ0) is 50.8. The van der Waals surface area contributed by atoms with Gasteiger partial charge in [0.15, 0.2) is 22.8 Å². The number of carbonyl (C=O) groups excluding carboxylic acids is 3. The Kier molecular flexibility index (Phi) is 24.5. The number of aliphatic carboxylic acids is 2. The molecule has 382 valence electrons. The number of ether oxygens (including phenoxy) is 1. The van der Waals surface area contributed by atoms with E-state index >= 15 is 0 Å². The van der Waals surface area contributed by atoms with Gasteiger partial charge in [0, 0.05) is 56.5 Å². The number of aromatic nitrogens is 4. The second-order valence-electron chi connectivity index (χ2n) is 15.0. The van der Waals surface area contributed by atoms with Gasteiger partial charge in [-0.25, -0.2) is 28.6 Å². The lowest BCUT2D eigenvalue weighted by molar-refractivity contribution is -0.139. The van der Waals surface area contributed by atoms with E-state index in [1.807, 2.05) is 0 Å². The summed E-state index contributed by atoms with van der Waals surface area (Å²) in [5.74, 6) is -3.03. The van der Waals surface area contributed by atoms with Crippen LogP contribution in [0.15, 0.2) is 12.7 Å². The third-order valence-corrected chi connectivity index (χ3v) is 13.0. The van der Waals surface area contributed by atoms with Gasteiger partial charge in [-0.3, -0.25) is 42.1 Å². The Bertz CT molecular complexity index is 2100. The zero-order valence-corrected chi connectivity index (χ0v) is 39.4. The van der Waals surface area contributed by atoms with Gasteiger partial charge in [0.2, 0.25) is 11.8 Å². The Morgan fingerprint density at radius 1 is 0.910 bits per heavy atom. The van der Waals surface area contributed by atoms with Crippen molar-refractivity contribution in [3.63, 3.8) is 0 Å². The van der Waals surface area contributed by atoms with Crippen LogP contribution in [0.1, 0.15) is 71.4 Å². The molecule has 0 bridgehead atoms. The van der Waals surface area contributed by atoms with Crippen LogP contribution in [0.5, 0.6) is 0 Å². The lowest BCUT2D eigenvalue weighted by Crippen LogP contribution is -2.46. The van der Waals surface area contributed by atoms with Gasteiger partial charge in [-0.05, 0) is 25.7 Å². The number of hydrogen-bond acceptors (Lipinski definition) is 22. The second kappa shape index (κ2) is 27.6. The van der Waals surface area contributed by atoms with Crippen LogP contribution >= 0.6 is 35.2 Å². The number of thioether (sulfide) groups is 1. The van der Waals surface area contributed by atoms with Gasteiger partial charge in [-0.15, -0.1) is 0 Å². The van der Waals surface area contributed by atoms with Gasteiger partial charge in [0.05, 0.1) is 25.6 Å². The van der Waals surface area contributed by atoms with Crippen LogP contribution in [0.3, 0.4) is 0 Å². The molecule has 14 N–H and O–H groups in total. The van der Waals surface area contributed by atoms with Gasteiger partial charge in [0.1, 0.15) is 36.3 Å². The minimum atomic E-state index is -5.58. The van der Waals surface area contributed by atoms with Crippen molar-refractivity contribution in [2.45, 2.75) is 102 Å². The fourth-order valence-electron chi connectivity index (χ4n) is 5.50. The highest BCUT2D eigenvalue weighted by molar-refractivity contribution is 8.13. The smallest absolute Gasteiger partial charge is 0.481 e. The topological polar surface area (TPSA) is 479 Å². The normalized spacial score (nSPS) is 20.1. The summed E-state index contributed by atoms with van der Waals surface area (Å²) in [6.07, 6.45) is -6.33. The molecule has 1 aliphatic rings. The highest BCUT2D eigenvalue weighted by atomic mass is 32.2. The Morgan fingerprint density at radius 3 is 2.13 bits per heavy atom. The van der Waals surface area contributed by atoms with E-state index in [4.69, 9.17) is 34.8 Å². The number of anilines is 1. The molecule has 2 amide bonds. The van der Waals surface area contributed by atoms with Crippen molar-refractivity contribution in [3.8, 4) is 0 Å². The standard InChI is InChI=1S/C27H46N7O19P3S.C6H10O4/c1-27(2,22(40)25(41)30-7-5-17(37)29-8-10-57-18(38)4-3-15(36)6-9-35)12-50-56(47,48)53-55(45,46)49-11-16-21(52-54(42,43)44)20(39)26(51-16)34-14-33-19-23(28)31-13-32-24(19)34;7-5(8)3-1-2-4-6(9)10/h13-16,20-22,26,35-36,39-40H,3-12H2,1-2H3,(H,29,37)(H,30,41)(H,45,46)(H,47,48)(H2,28,31,32)(H2,42,43,44);1-4H2,(H,7,8)(H,9,10)/t15?,16-,20-,21-,22+,26-;/m1./s1. The number of carboxylic acid groups (broad SMARTS) is 2. The average Bonchev–Trinajstić information content (AvgIpc) is 3.78. The Labute approximate surface area is 385 Å². The quantitative estimate of drug-likeness (QED) is 0.0340. The number of nitrogens with zero attached hydrogens (tertiary/aromatic N) is 4. The molecule has 3 unspecified atom stereocenters. The van der Waals surface area contributed by atoms with Gasteiger partial charge in [-0.2, -0.15) is 4.31 Å². The molecule has 0 aliphatic carbocycles. The van der Waals surface area contributed by atoms with Crippen molar-refractivity contribution >= 4 is 81.1 Å². The van der Waals surface area contributed by atoms with Crippen LogP contribution in [-0.2, 0) is 60.3 Å². The number of carbonyl (C=O) groups is 5. The van der Waals surface area contributed by atoms with Gasteiger partial charge < -0.3 is 71.3 Å². The molecule has 0 radical (unpaired) electrons. The predicted molar refractivity (Wildman–Crippen MR) is 228 cm³/mol. The first-order valence-corrected chi connectivity index (χ1v) is 25.4. The zero-order valence-electron chi connectivity index (χ0n) is 35.9. The largest absolute Gasteiger partial charge is 0.481 e. The van der Waals surface area contributed by atoms with E-state index < -0.39 is 103 Å². The van der Waals surface area contributed by atoms with Crippen molar-refractivity contribution < 1.29 is 110 Å². The van der Waals surface area contributed by atoms with Gasteiger partial charge >= 0.3 is 35.4 Å². The van der Waals surface area contributed by atoms with Crippen LogP contribution in [0.2, 0.25) is 0 Å². The number of aliphatic hydroxyl groups excluding tert-OH is 4. The summed E-state index contributed by atoms with van der Waals surface area (Å²) >= 11 is 0.957. The summed E-state index contributed by atoms with van der Waals surface area (Å²) in [4.78, 5) is 107. The minimum Gasteiger partial charge on any atom is -0.481 e. The lowest BCUT2D eigenvalue weighted by atomic mass is 9.87. The molecule has 30 nitrogen and oxygen atoms in total. The monoisotopic (exact) mass is 1040 g/mol. The molecule has 34 heteroatoms. The molecule has 0 aromatic carbocycles. The first-order valence-electron chi connectivity index (χ1n) is 19.8. The molecule has 8 atom stereocenters. The predicted octanol–water partition coefficient (Wildman–Crippen LogP) is -1.10. The number of rotatable bonds is 29. The third-order valence-electron chi connectivity index (χ3n) is 8.94. The second-order valence-corrected chi connectivity index (χ2v) is 20.4. The van der Waals surface area contributed by atoms with Crippen molar-refractivity contribution in [1.29, 1.82) is 0 Å². The maximum Gasteiger partial charge on any atom is 0.481 e. The SMILES string of the molecule is CC(C)(COP(=O)(O)OP(=O)(O)OC[C@H]1O[C@@H](n2cnc3c(N)ncnc32)[C@H](O)[C@@H]1OP(=O)(O)O)[C@@H](O)C(=O)NCCC(=O)NCCSC(=O)CCC(O)CCO.O=C(O)CCCCC(=O)O. The Hall–Kier alpha value is -3.58.